The van der Waals surface area contributed by atoms with E-state index in [1.807, 2.05) is 7.05 Å². The van der Waals surface area contributed by atoms with E-state index in [1.165, 1.54) is 32.8 Å². The Hall–Kier alpha value is -1.59. The topological polar surface area (TPSA) is 99.6 Å². The van der Waals surface area contributed by atoms with Crippen molar-refractivity contribution >= 4 is 57.2 Å². The molecule has 1 atom stereocenters. The Kier molecular flexibility index (Phi) is 7.64. The molecule has 3 aliphatic rings. The third kappa shape index (κ3) is 5.16. The van der Waals surface area contributed by atoms with Crippen LogP contribution >= 0.6 is 0 Å². The number of aromatic nitrogens is 2. The predicted molar refractivity (Wildman–Crippen MR) is 135 cm³/mol. The van der Waals surface area contributed by atoms with Gasteiger partial charge in [0.05, 0.1) is 11.9 Å². The van der Waals surface area contributed by atoms with Crippen LogP contribution in [0.3, 0.4) is 0 Å². The number of anilines is 2. The number of carbonyl (C=O) groups excluding carboxylic acids is 1. The van der Waals surface area contributed by atoms with Crippen molar-refractivity contribution in [1.82, 2.24) is 19.4 Å². The van der Waals surface area contributed by atoms with E-state index in [1.54, 1.807) is 17.9 Å². The maximum atomic E-state index is 13.4. The molecule has 0 radical (unpaired) electrons. The van der Waals surface area contributed by atoms with E-state index < -0.39 is 16.2 Å². The normalized spacial score (nSPS) is 19.4. The van der Waals surface area contributed by atoms with Gasteiger partial charge in [-0.05, 0) is 86.7 Å². The van der Waals surface area contributed by atoms with Crippen LogP contribution in [0, 0.1) is 5.92 Å². The molecule has 1 saturated heterocycles. The van der Waals surface area contributed by atoms with Crippen LogP contribution in [0.5, 0.6) is 0 Å². The molecular weight excluding hydrogens is 463 g/mol. The Morgan fingerprint density at radius 1 is 1.15 bits per heavy atom. The monoisotopic (exact) mass is 496 g/mol. The summed E-state index contributed by atoms with van der Waals surface area (Å²) in [6.07, 6.45) is 10.1. The number of benzene rings is 1. The molecule has 0 bridgehead atoms. The molecule has 2 aliphatic carbocycles. The van der Waals surface area contributed by atoms with Gasteiger partial charge in [0.2, 0.25) is 0 Å². The molecule has 1 aromatic heterocycles. The number of aryl methyl sites for hydroxylation is 3. The van der Waals surface area contributed by atoms with Crippen molar-refractivity contribution in [3.8, 4) is 0 Å². The summed E-state index contributed by atoms with van der Waals surface area (Å²) in [6, 6.07) is 1.58. The predicted octanol–water partition coefficient (Wildman–Crippen LogP) is 1.57. The summed E-state index contributed by atoms with van der Waals surface area (Å²) in [6.45, 7) is 2.05. The van der Waals surface area contributed by atoms with Gasteiger partial charge in [0.15, 0.2) is 0 Å². The number of carbonyl (C=O) groups is 1. The van der Waals surface area contributed by atoms with Crippen LogP contribution in [-0.2, 0) is 42.9 Å². The van der Waals surface area contributed by atoms with E-state index in [9.17, 15) is 13.2 Å². The molecule has 2 aromatic rings. The zero-order valence-electron chi connectivity index (χ0n) is 19.3. The fraction of sp³-hybridized carbons (Fsp3) is 0.565. The number of likely N-dealkylation sites (tertiary alicyclic amines) is 1. The Balaban J connectivity index is 0.00000274. The average molecular weight is 497 g/mol. The zero-order chi connectivity index (χ0) is 23.2. The second-order valence-corrected chi connectivity index (χ2v) is 11.2. The van der Waals surface area contributed by atoms with Crippen LogP contribution in [0.2, 0.25) is 0 Å². The fourth-order valence-electron chi connectivity index (χ4n) is 5.57. The van der Waals surface area contributed by atoms with Crippen LogP contribution in [-0.4, -0.2) is 85.4 Å². The van der Waals surface area contributed by atoms with Crippen molar-refractivity contribution < 1.29 is 13.2 Å². The van der Waals surface area contributed by atoms with Crippen LogP contribution in [0.15, 0.2) is 18.5 Å². The van der Waals surface area contributed by atoms with E-state index >= 15 is 0 Å². The molecule has 2 amide bonds. The van der Waals surface area contributed by atoms with Gasteiger partial charge in [-0.1, -0.05) is 6.07 Å². The zero-order valence-corrected chi connectivity index (χ0v) is 20.1. The van der Waals surface area contributed by atoms with Crippen molar-refractivity contribution in [2.24, 2.45) is 13.0 Å². The van der Waals surface area contributed by atoms with Crippen LogP contribution < -0.4 is 14.3 Å². The first-order valence-electron chi connectivity index (χ1n) is 11.8. The number of nitrogens with zero attached hydrogens (tertiary/aromatic N) is 4. The Labute approximate surface area is 223 Å². The van der Waals surface area contributed by atoms with Gasteiger partial charge in [0.25, 0.3) is 0 Å². The first-order chi connectivity index (χ1) is 15.8. The summed E-state index contributed by atoms with van der Waals surface area (Å²) >= 11 is 0. The molecule has 5 rings (SSSR count). The van der Waals surface area contributed by atoms with E-state index in [2.05, 4.69) is 26.1 Å². The van der Waals surface area contributed by atoms with Crippen molar-refractivity contribution in [1.29, 1.82) is 0 Å². The summed E-state index contributed by atoms with van der Waals surface area (Å²) in [5.74, 6) is 0.190. The number of nitrogens with one attached hydrogen (secondary N) is 2. The molecule has 0 saturated carbocycles. The number of hydrogen-bond acceptors (Lipinski definition) is 5. The number of amides is 2. The Morgan fingerprint density at radius 2 is 1.82 bits per heavy atom. The molecule has 9 nitrogen and oxygen atoms in total. The van der Waals surface area contributed by atoms with Gasteiger partial charge in [-0.25, -0.2) is 13.8 Å². The van der Waals surface area contributed by atoms with Gasteiger partial charge in [0.1, 0.15) is 0 Å². The van der Waals surface area contributed by atoms with Gasteiger partial charge in [-0.3, -0.25) is 4.68 Å². The standard InChI is InChI=1S/C23H32N6O3S.Na.H/c1-27-10-9-16(13-27)14-29(19-12-24-28(2)15-19)33(31,32)26-23(30)25-22-20-7-3-5-17(20)11-18-6-4-8-21(18)22;;/h11-12,15-16H,3-10,13-14H2,1-2H3,(H2,25,26,30);;. The molecule has 0 spiro atoms. The molecule has 11 heteroatoms. The van der Waals surface area contributed by atoms with E-state index in [0.29, 0.717) is 12.2 Å². The van der Waals surface area contributed by atoms with E-state index in [-0.39, 0.29) is 35.5 Å². The summed E-state index contributed by atoms with van der Waals surface area (Å²) in [5.41, 5.74) is 6.19. The van der Waals surface area contributed by atoms with Gasteiger partial charge >= 0.3 is 45.8 Å². The average Bonchev–Trinajstić information content (AvgIpc) is 3.53. The number of hydrogen-bond donors (Lipinski definition) is 2. The molecule has 1 aliphatic heterocycles. The van der Waals surface area contributed by atoms with E-state index in [4.69, 9.17) is 0 Å². The minimum atomic E-state index is -4.12. The molecule has 34 heavy (non-hydrogen) atoms. The summed E-state index contributed by atoms with van der Waals surface area (Å²) in [5, 5.41) is 7.06. The molecule has 2 N–H and O–H groups in total. The first-order valence-corrected chi connectivity index (χ1v) is 13.2. The van der Waals surface area contributed by atoms with Gasteiger partial charge in [-0.15, -0.1) is 0 Å². The molecule has 180 valence electrons. The molecule has 1 unspecified atom stereocenters. The number of fused-ring (bicyclic) bond motifs is 2. The number of urea groups is 1. The molecule has 1 fully saturated rings. The number of rotatable bonds is 6. The summed E-state index contributed by atoms with van der Waals surface area (Å²) < 4.78 is 31.9. The Bertz CT molecular complexity index is 1150. The second-order valence-electron chi connectivity index (χ2n) is 9.62. The van der Waals surface area contributed by atoms with Crippen molar-refractivity contribution in [2.75, 3.05) is 36.3 Å². The molecule has 1 aromatic carbocycles. The van der Waals surface area contributed by atoms with Gasteiger partial charge in [0, 0.05) is 32.0 Å². The van der Waals surface area contributed by atoms with Crippen molar-refractivity contribution in [2.45, 2.75) is 44.9 Å². The second kappa shape index (κ2) is 10.2. The van der Waals surface area contributed by atoms with Crippen LogP contribution in [0.4, 0.5) is 16.2 Å². The summed E-state index contributed by atoms with van der Waals surface area (Å²) in [7, 11) is -0.338. The third-order valence-corrected chi connectivity index (χ3v) is 8.50. The van der Waals surface area contributed by atoms with Crippen LogP contribution in [0.1, 0.15) is 41.5 Å². The molecule has 2 heterocycles. The quantitative estimate of drug-likeness (QED) is 0.592. The fourth-order valence-corrected chi connectivity index (χ4v) is 6.74. The Morgan fingerprint density at radius 3 is 2.38 bits per heavy atom. The third-order valence-electron chi connectivity index (χ3n) is 7.12. The van der Waals surface area contributed by atoms with Gasteiger partial charge in [-0.2, -0.15) is 13.5 Å². The maximum absolute atomic E-state index is 13.4. The van der Waals surface area contributed by atoms with Crippen molar-refractivity contribution in [3.63, 3.8) is 0 Å². The first kappa shape index (κ1) is 25.5. The summed E-state index contributed by atoms with van der Waals surface area (Å²) in [4.78, 5) is 15.2. The van der Waals surface area contributed by atoms with E-state index in [0.717, 1.165) is 63.7 Å². The van der Waals surface area contributed by atoms with Crippen LogP contribution in [0.25, 0.3) is 0 Å². The minimum absolute atomic E-state index is 0. The molecular formula is C23H33N6NaO3S. The van der Waals surface area contributed by atoms with Crippen molar-refractivity contribution in [3.05, 3.63) is 40.7 Å². The SMILES string of the molecule is CN1CCC(CN(c2cnn(C)c2)S(=O)(=O)NC(=O)Nc2c3c(cc4c2CCC4)CCC3)C1.[NaH]. The van der Waals surface area contributed by atoms with Gasteiger partial charge < -0.3 is 10.2 Å².